The van der Waals surface area contributed by atoms with E-state index in [0.29, 0.717) is 22.4 Å². The summed E-state index contributed by atoms with van der Waals surface area (Å²) in [5, 5.41) is 11.9. The number of nitrogens with zero attached hydrogens (tertiary/aromatic N) is 1. The van der Waals surface area contributed by atoms with E-state index in [-0.39, 0.29) is 5.91 Å². The van der Waals surface area contributed by atoms with Crippen LogP contribution < -0.4 is 5.32 Å². The van der Waals surface area contributed by atoms with Crippen LogP contribution in [-0.4, -0.2) is 23.0 Å². The molecule has 16 heavy (non-hydrogen) atoms. The van der Waals surface area contributed by atoms with E-state index >= 15 is 0 Å². The van der Waals surface area contributed by atoms with Gasteiger partial charge in [-0.2, -0.15) is 17.0 Å². The van der Waals surface area contributed by atoms with Gasteiger partial charge in [0.05, 0.1) is 17.9 Å². The van der Waals surface area contributed by atoms with Gasteiger partial charge in [-0.05, 0) is 34.2 Å². The molecule has 4 nitrogen and oxygen atoms in total. The maximum absolute atomic E-state index is 11.9. The van der Waals surface area contributed by atoms with Gasteiger partial charge in [-0.15, -0.1) is 0 Å². The molecule has 1 aliphatic rings. The molecule has 1 unspecified atom stereocenters. The number of furan rings is 1. The molecule has 1 saturated heterocycles. The standard InChI is InChI=1S/C10H9BrN2O2S/c11-8-7(1-3-15-8)9(14)13-10(5-12)2-4-16-6-10/h1,3H,2,4,6H2,(H,13,14). The Morgan fingerprint density at radius 3 is 3.06 bits per heavy atom. The first-order chi connectivity index (χ1) is 7.67. The first-order valence-electron chi connectivity index (χ1n) is 4.71. The molecule has 1 aromatic rings. The Labute approximate surface area is 106 Å². The quantitative estimate of drug-likeness (QED) is 0.909. The van der Waals surface area contributed by atoms with E-state index in [4.69, 9.17) is 9.68 Å². The molecule has 1 amide bonds. The molecule has 0 saturated carbocycles. The lowest BCUT2D eigenvalue weighted by molar-refractivity contribution is 0.0924. The van der Waals surface area contributed by atoms with Crippen LogP contribution in [0.3, 0.4) is 0 Å². The van der Waals surface area contributed by atoms with Gasteiger partial charge in [0.25, 0.3) is 5.91 Å². The predicted octanol–water partition coefficient (Wildman–Crippen LogP) is 2.17. The van der Waals surface area contributed by atoms with Gasteiger partial charge in [0, 0.05) is 5.75 Å². The highest BCUT2D eigenvalue weighted by Crippen LogP contribution is 2.28. The van der Waals surface area contributed by atoms with Gasteiger partial charge in [-0.3, -0.25) is 4.79 Å². The van der Waals surface area contributed by atoms with Crippen molar-refractivity contribution in [2.75, 3.05) is 11.5 Å². The van der Waals surface area contributed by atoms with Crippen LogP contribution >= 0.6 is 27.7 Å². The van der Waals surface area contributed by atoms with Crippen LogP contribution in [0, 0.1) is 11.3 Å². The van der Waals surface area contributed by atoms with Crippen LogP contribution in [0.4, 0.5) is 0 Å². The van der Waals surface area contributed by atoms with E-state index in [1.54, 1.807) is 17.8 Å². The molecule has 1 atom stereocenters. The van der Waals surface area contributed by atoms with Crippen LogP contribution in [0.25, 0.3) is 0 Å². The van der Waals surface area contributed by atoms with Gasteiger partial charge in [-0.25, -0.2) is 0 Å². The third-order valence-corrected chi connectivity index (χ3v) is 4.25. The summed E-state index contributed by atoms with van der Waals surface area (Å²) in [6.07, 6.45) is 2.12. The molecule has 1 fully saturated rings. The summed E-state index contributed by atoms with van der Waals surface area (Å²) in [7, 11) is 0. The summed E-state index contributed by atoms with van der Waals surface area (Å²) in [5.41, 5.74) is -0.301. The van der Waals surface area contributed by atoms with Gasteiger partial charge in [0.15, 0.2) is 4.67 Å². The third-order valence-electron chi connectivity index (χ3n) is 2.45. The number of nitriles is 1. The molecule has 84 valence electrons. The molecule has 1 N–H and O–H groups in total. The fourth-order valence-electron chi connectivity index (χ4n) is 1.52. The molecule has 6 heteroatoms. The van der Waals surface area contributed by atoms with Crippen molar-refractivity contribution >= 4 is 33.6 Å². The first kappa shape index (κ1) is 11.6. The third kappa shape index (κ3) is 2.11. The number of amides is 1. The number of nitrogens with one attached hydrogen (secondary N) is 1. The van der Waals surface area contributed by atoms with Crippen molar-refractivity contribution < 1.29 is 9.21 Å². The van der Waals surface area contributed by atoms with Crippen molar-refractivity contribution in [3.63, 3.8) is 0 Å². The monoisotopic (exact) mass is 300 g/mol. The fourth-order valence-corrected chi connectivity index (χ4v) is 3.21. The predicted molar refractivity (Wildman–Crippen MR) is 64.2 cm³/mol. The molecule has 1 aromatic heterocycles. The van der Waals surface area contributed by atoms with Crippen LogP contribution in [0.1, 0.15) is 16.8 Å². The van der Waals surface area contributed by atoms with Crippen molar-refractivity contribution in [2.24, 2.45) is 0 Å². The first-order valence-corrected chi connectivity index (χ1v) is 6.66. The summed E-state index contributed by atoms with van der Waals surface area (Å²) < 4.78 is 5.38. The van der Waals surface area contributed by atoms with Gasteiger partial charge >= 0.3 is 0 Å². The number of carbonyl (C=O) groups excluding carboxylic acids is 1. The van der Waals surface area contributed by atoms with Gasteiger partial charge in [0.1, 0.15) is 5.54 Å². The normalized spacial score (nSPS) is 24.0. The highest BCUT2D eigenvalue weighted by atomic mass is 79.9. The highest BCUT2D eigenvalue weighted by molar-refractivity contribution is 9.10. The molecule has 0 bridgehead atoms. The number of halogens is 1. The molecule has 2 heterocycles. The summed E-state index contributed by atoms with van der Waals surface area (Å²) >= 11 is 4.82. The fraction of sp³-hybridized carbons (Fsp3) is 0.400. The maximum atomic E-state index is 11.9. The zero-order valence-corrected chi connectivity index (χ0v) is 10.7. The zero-order chi connectivity index (χ0) is 11.6. The molecular weight excluding hydrogens is 292 g/mol. The van der Waals surface area contributed by atoms with E-state index in [1.807, 2.05) is 0 Å². The number of carbonyl (C=O) groups is 1. The van der Waals surface area contributed by atoms with Crippen molar-refractivity contribution in [3.8, 4) is 6.07 Å². The van der Waals surface area contributed by atoms with E-state index < -0.39 is 5.54 Å². The zero-order valence-electron chi connectivity index (χ0n) is 8.33. The van der Waals surface area contributed by atoms with Crippen molar-refractivity contribution in [1.82, 2.24) is 5.32 Å². The average Bonchev–Trinajstić information content (AvgIpc) is 2.87. The Morgan fingerprint density at radius 1 is 1.75 bits per heavy atom. The van der Waals surface area contributed by atoms with E-state index in [0.717, 1.165) is 5.75 Å². The van der Waals surface area contributed by atoms with Crippen LogP contribution in [0.15, 0.2) is 21.4 Å². The van der Waals surface area contributed by atoms with E-state index in [9.17, 15) is 4.79 Å². The minimum absolute atomic E-state index is 0.273. The van der Waals surface area contributed by atoms with Crippen molar-refractivity contribution in [1.29, 1.82) is 5.26 Å². The Kier molecular flexibility index (Phi) is 3.26. The second-order valence-corrected chi connectivity index (χ2v) is 5.38. The number of rotatable bonds is 2. The molecule has 0 radical (unpaired) electrons. The summed E-state index contributed by atoms with van der Waals surface area (Å²) in [4.78, 5) is 11.9. The lowest BCUT2D eigenvalue weighted by Crippen LogP contribution is -2.47. The van der Waals surface area contributed by atoms with E-state index in [2.05, 4.69) is 27.3 Å². The minimum Gasteiger partial charge on any atom is -0.457 e. The second kappa shape index (κ2) is 4.52. The van der Waals surface area contributed by atoms with Crippen LogP contribution in [0.5, 0.6) is 0 Å². The van der Waals surface area contributed by atoms with E-state index in [1.165, 1.54) is 6.26 Å². The summed E-state index contributed by atoms with van der Waals surface area (Å²) in [6.45, 7) is 0. The van der Waals surface area contributed by atoms with Crippen LogP contribution in [0.2, 0.25) is 0 Å². The average molecular weight is 301 g/mol. The Bertz CT molecular complexity index is 446. The van der Waals surface area contributed by atoms with Crippen LogP contribution in [-0.2, 0) is 0 Å². The summed E-state index contributed by atoms with van der Waals surface area (Å²) in [5.74, 6) is 1.27. The number of thioether (sulfide) groups is 1. The molecule has 2 rings (SSSR count). The van der Waals surface area contributed by atoms with Gasteiger partial charge in [-0.1, -0.05) is 0 Å². The summed E-state index contributed by atoms with van der Waals surface area (Å²) in [6, 6.07) is 3.77. The lowest BCUT2D eigenvalue weighted by atomic mass is 10.0. The Balaban J connectivity index is 2.13. The number of hydrogen-bond acceptors (Lipinski definition) is 4. The topological polar surface area (TPSA) is 66.0 Å². The van der Waals surface area contributed by atoms with Gasteiger partial charge in [0.2, 0.25) is 0 Å². The smallest absolute Gasteiger partial charge is 0.257 e. The molecular formula is C10H9BrN2O2S. The molecule has 1 aliphatic heterocycles. The largest absolute Gasteiger partial charge is 0.457 e. The highest BCUT2D eigenvalue weighted by Gasteiger charge is 2.36. The van der Waals surface area contributed by atoms with Gasteiger partial charge < -0.3 is 9.73 Å². The van der Waals surface area contributed by atoms with Crippen molar-refractivity contribution in [3.05, 3.63) is 22.6 Å². The minimum atomic E-state index is -0.724. The van der Waals surface area contributed by atoms with Crippen molar-refractivity contribution in [2.45, 2.75) is 12.0 Å². The molecule has 0 spiro atoms. The SMILES string of the molecule is N#CC1(NC(=O)c2ccoc2Br)CCSC1. The second-order valence-electron chi connectivity index (χ2n) is 3.56. The Morgan fingerprint density at radius 2 is 2.56 bits per heavy atom. The Hall–Kier alpha value is -0.930. The lowest BCUT2D eigenvalue weighted by Gasteiger charge is -2.20. The maximum Gasteiger partial charge on any atom is 0.257 e. The number of hydrogen-bond donors (Lipinski definition) is 1. The molecule has 0 aromatic carbocycles. The molecule has 0 aliphatic carbocycles.